The molecule has 2 aliphatic rings. The van der Waals surface area contributed by atoms with Gasteiger partial charge in [-0.1, -0.05) is 29.8 Å². The number of amidine groups is 1. The van der Waals surface area contributed by atoms with Crippen molar-refractivity contribution in [1.82, 2.24) is 0 Å². The van der Waals surface area contributed by atoms with Gasteiger partial charge in [0.1, 0.15) is 12.4 Å². The van der Waals surface area contributed by atoms with Gasteiger partial charge in [0.25, 0.3) is 6.02 Å². The summed E-state index contributed by atoms with van der Waals surface area (Å²) in [7, 11) is 0. The molecular weight excluding hydrogens is 367 g/mol. The van der Waals surface area contributed by atoms with E-state index in [2.05, 4.69) is 9.98 Å². The summed E-state index contributed by atoms with van der Waals surface area (Å²) in [6.45, 7) is 2.29. The smallest absolute Gasteiger partial charge is 0.310 e. The van der Waals surface area contributed by atoms with Crippen molar-refractivity contribution in [3.8, 4) is 0 Å². The van der Waals surface area contributed by atoms with Crippen LogP contribution in [0.2, 0.25) is 0 Å². The molecule has 2 N–H and O–H groups in total. The molecule has 0 bridgehead atoms. The number of hydrogen-bond acceptors (Lipinski definition) is 4. The summed E-state index contributed by atoms with van der Waals surface area (Å²) in [6, 6.07) is 10.3. The zero-order valence-electron chi connectivity index (χ0n) is 15.6. The van der Waals surface area contributed by atoms with E-state index in [-0.39, 0.29) is 11.6 Å². The standard InChI is InChI=1S/C21H20F3N3O/c1-12-3-5-13(6-4-12)7-15-8-14-9-17(22)16(10-18(14)27-15)20(2)21(23,24)11-26-19(25)28-20/h3-6,9-10H,7-8,11H2,1-2H3,(H2,25,26)/t20-/m1/s1. The van der Waals surface area contributed by atoms with Crippen LogP contribution in [0.4, 0.5) is 18.9 Å². The first-order valence-electron chi connectivity index (χ1n) is 8.99. The van der Waals surface area contributed by atoms with E-state index >= 15 is 0 Å². The first-order valence-corrected chi connectivity index (χ1v) is 8.99. The molecule has 2 aliphatic heterocycles. The highest BCUT2D eigenvalue weighted by molar-refractivity contribution is 5.95. The van der Waals surface area contributed by atoms with E-state index in [4.69, 9.17) is 10.5 Å². The minimum absolute atomic E-state index is 0.269. The van der Waals surface area contributed by atoms with Crippen molar-refractivity contribution in [2.24, 2.45) is 15.7 Å². The molecule has 4 rings (SSSR count). The highest BCUT2D eigenvalue weighted by Crippen LogP contribution is 2.46. The number of fused-ring (bicyclic) bond motifs is 1. The molecule has 0 fully saturated rings. The van der Waals surface area contributed by atoms with Gasteiger partial charge in [-0.2, -0.15) is 8.78 Å². The number of rotatable bonds is 3. The van der Waals surface area contributed by atoms with Gasteiger partial charge in [-0.15, -0.1) is 0 Å². The Morgan fingerprint density at radius 3 is 2.61 bits per heavy atom. The Bertz CT molecular complexity index is 999. The van der Waals surface area contributed by atoms with Crippen LogP contribution in [0.3, 0.4) is 0 Å². The number of benzene rings is 2. The number of ether oxygens (including phenoxy) is 1. The molecule has 0 saturated carbocycles. The predicted molar refractivity (Wildman–Crippen MR) is 102 cm³/mol. The van der Waals surface area contributed by atoms with Crippen LogP contribution in [0.15, 0.2) is 46.4 Å². The summed E-state index contributed by atoms with van der Waals surface area (Å²) < 4.78 is 49.0. The molecule has 2 aromatic rings. The van der Waals surface area contributed by atoms with E-state index in [1.165, 1.54) is 12.1 Å². The number of nitrogens with two attached hydrogens (primary N) is 1. The van der Waals surface area contributed by atoms with E-state index in [1.54, 1.807) is 0 Å². The Kier molecular flexibility index (Phi) is 4.21. The summed E-state index contributed by atoms with van der Waals surface area (Å²) in [4.78, 5) is 7.99. The van der Waals surface area contributed by atoms with Gasteiger partial charge in [0.05, 0.1) is 5.69 Å². The van der Waals surface area contributed by atoms with Crippen LogP contribution in [0, 0.1) is 12.7 Å². The molecule has 7 heteroatoms. The molecule has 0 aromatic heterocycles. The van der Waals surface area contributed by atoms with E-state index < -0.39 is 23.9 Å². The maximum absolute atomic E-state index is 14.8. The van der Waals surface area contributed by atoms with Crippen molar-refractivity contribution >= 4 is 17.4 Å². The Morgan fingerprint density at radius 2 is 1.89 bits per heavy atom. The molecule has 0 unspecified atom stereocenters. The van der Waals surface area contributed by atoms with Crippen molar-refractivity contribution in [3.05, 3.63) is 64.5 Å². The molecular formula is C21H20F3N3O. The fourth-order valence-corrected chi connectivity index (χ4v) is 3.58. The summed E-state index contributed by atoms with van der Waals surface area (Å²) in [5.41, 5.74) is 7.26. The quantitative estimate of drug-likeness (QED) is 0.858. The van der Waals surface area contributed by atoms with Gasteiger partial charge in [0.15, 0.2) is 0 Å². The lowest BCUT2D eigenvalue weighted by Crippen LogP contribution is -2.53. The molecule has 0 amide bonds. The minimum atomic E-state index is -3.40. The van der Waals surface area contributed by atoms with Gasteiger partial charge in [0.2, 0.25) is 5.60 Å². The molecule has 0 saturated heterocycles. The maximum atomic E-state index is 14.8. The number of nitrogens with zero attached hydrogens (tertiary/aromatic N) is 2. The number of halogens is 3. The molecule has 0 radical (unpaired) electrons. The van der Waals surface area contributed by atoms with Gasteiger partial charge in [-0.25, -0.2) is 9.38 Å². The van der Waals surface area contributed by atoms with Crippen LogP contribution in [-0.2, 0) is 23.2 Å². The third-order valence-corrected chi connectivity index (χ3v) is 5.32. The van der Waals surface area contributed by atoms with Crippen LogP contribution >= 0.6 is 0 Å². The largest absolute Gasteiger partial charge is 0.448 e. The van der Waals surface area contributed by atoms with Gasteiger partial charge >= 0.3 is 5.92 Å². The van der Waals surface area contributed by atoms with Crippen molar-refractivity contribution in [1.29, 1.82) is 0 Å². The molecule has 146 valence electrons. The predicted octanol–water partition coefficient (Wildman–Crippen LogP) is 4.20. The Balaban J connectivity index is 1.68. The first kappa shape index (κ1) is 18.5. The van der Waals surface area contributed by atoms with Gasteiger partial charge in [0, 0.05) is 24.1 Å². The van der Waals surface area contributed by atoms with Gasteiger partial charge < -0.3 is 10.5 Å². The highest BCUT2D eigenvalue weighted by atomic mass is 19.3. The second-order valence-corrected chi connectivity index (χ2v) is 7.47. The van der Waals surface area contributed by atoms with Crippen LogP contribution in [0.25, 0.3) is 0 Å². The van der Waals surface area contributed by atoms with Crippen molar-refractivity contribution in [3.63, 3.8) is 0 Å². The normalized spacial score (nSPS) is 22.9. The van der Waals surface area contributed by atoms with Crippen LogP contribution in [0.5, 0.6) is 0 Å². The topological polar surface area (TPSA) is 60.0 Å². The Labute approximate surface area is 161 Å². The molecule has 2 aromatic carbocycles. The fraction of sp³-hybridized carbons (Fsp3) is 0.333. The van der Waals surface area contributed by atoms with Crippen molar-refractivity contribution in [2.75, 3.05) is 6.54 Å². The second-order valence-electron chi connectivity index (χ2n) is 7.47. The summed E-state index contributed by atoms with van der Waals surface area (Å²) in [5, 5.41) is 0. The summed E-state index contributed by atoms with van der Waals surface area (Å²) in [6.07, 6.45) is 1.10. The van der Waals surface area contributed by atoms with E-state index in [1.807, 2.05) is 31.2 Å². The zero-order chi connectivity index (χ0) is 20.1. The van der Waals surface area contributed by atoms with E-state index in [0.29, 0.717) is 24.1 Å². The third-order valence-electron chi connectivity index (χ3n) is 5.32. The van der Waals surface area contributed by atoms with Crippen LogP contribution < -0.4 is 5.73 Å². The van der Waals surface area contributed by atoms with Crippen molar-refractivity contribution < 1.29 is 17.9 Å². The Morgan fingerprint density at radius 1 is 1.18 bits per heavy atom. The lowest BCUT2D eigenvalue weighted by molar-refractivity contribution is -0.173. The van der Waals surface area contributed by atoms with E-state index in [0.717, 1.165) is 23.8 Å². The lowest BCUT2D eigenvalue weighted by Gasteiger charge is -2.39. The van der Waals surface area contributed by atoms with Crippen LogP contribution in [0.1, 0.15) is 29.2 Å². The number of aliphatic imine (C=N–C) groups is 2. The average molecular weight is 387 g/mol. The van der Waals surface area contributed by atoms with Crippen LogP contribution in [-0.4, -0.2) is 24.2 Å². The number of hydrogen-bond donors (Lipinski definition) is 1. The molecule has 4 nitrogen and oxygen atoms in total. The maximum Gasteiger partial charge on any atom is 0.310 e. The fourth-order valence-electron chi connectivity index (χ4n) is 3.58. The SMILES string of the molecule is Cc1ccc(CC2=Nc3cc([C@@]4(C)OC(N)=NCC4(F)F)c(F)cc3C2)cc1. The van der Waals surface area contributed by atoms with Gasteiger partial charge in [-0.3, -0.25) is 4.99 Å². The lowest BCUT2D eigenvalue weighted by atomic mass is 9.86. The highest BCUT2D eigenvalue weighted by Gasteiger charge is 2.57. The second kappa shape index (κ2) is 6.36. The minimum Gasteiger partial charge on any atom is -0.448 e. The molecule has 2 heterocycles. The molecule has 0 aliphatic carbocycles. The first-order chi connectivity index (χ1) is 13.2. The molecule has 1 atom stereocenters. The number of aryl methyl sites for hydroxylation is 1. The summed E-state index contributed by atoms with van der Waals surface area (Å²) >= 11 is 0. The number of alkyl halides is 2. The molecule has 28 heavy (non-hydrogen) atoms. The summed E-state index contributed by atoms with van der Waals surface area (Å²) in [5.74, 6) is -4.17. The monoisotopic (exact) mass is 387 g/mol. The molecule has 0 spiro atoms. The van der Waals surface area contributed by atoms with Gasteiger partial charge in [-0.05, 0) is 37.1 Å². The van der Waals surface area contributed by atoms with E-state index in [9.17, 15) is 13.2 Å². The zero-order valence-corrected chi connectivity index (χ0v) is 15.6. The third kappa shape index (κ3) is 3.04. The van der Waals surface area contributed by atoms with Crippen molar-refractivity contribution in [2.45, 2.75) is 38.2 Å². The average Bonchev–Trinajstić information content (AvgIpc) is 3.01. The Hall–Kier alpha value is -2.83.